The van der Waals surface area contributed by atoms with Crippen molar-refractivity contribution in [3.63, 3.8) is 0 Å². The maximum absolute atomic E-state index is 13.6. The second-order valence-electron chi connectivity index (χ2n) is 4.81. The van der Waals surface area contributed by atoms with Gasteiger partial charge in [0, 0.05) is 6.07 Å². The van der Waals surface area contributed by atoms with Gasteiger partial charge < -0.3 is 9.55 Å². The van der Waals surface area contributed by atoms with E-state index in [9.17, 15) is 8.78 Å². The van der Waals surface area contributed by atoms with Gasteiger partial charge >= 0.3 is 0 Å². The highest BCUT2D eigenvalue weighted by molar-refractivity contribution is 9.10. The molecule has 0 aliphatic rings. The molecular formula is C15H11BrF2N2S. The van der Waals surface area contributed by atoms with Crippen LogP contribution in [0, 0.1) is 16.4 Å². The molecule has 0 aliphatic carbocycles. The minimum Gasteiger partial charge on any atom is -0.330 e. The first kappa shape index (κ1) is 14.4. The fourth-order valence-electron chi connectivity index (χ4n) is 2.40. The van der Waals surface area contributed by atoms with E-state index in [1.165, 1.54) is 18.2 Å². The van der Waals surface area contributed by atoms with Crippen LogP contribution in [0.1, 0.15) is 18.5 Å². The zero-order valence-corrected chi connectivity index (χ0v) is 13.4. The van der Waals surface area contributed by atoms with Gasteiger partial charge in [0.05, 0.1) is 21.5 Å². The van der Waals surface area contributed by atoms with E-state index in [2.05, 4.69) is 20.9 Å². The molecule has 6 heteroatoms. The van der Waals surface area contributed by atoms with Crippen molar-refractivity contribution in [1.82, 2.24) is 9.55 Å². The molecule has 3 aromatic rings. The number of halogens is 3. The Morgan fingerprint density at radius 1 is 1.19 bits per heavy atom. The quantitative estimate of drug-likeness (QED) is 0.604. The van der Waals surface area contributed by atoms with Crippen molar-refractivity contribution in [2.45, 2.75) is 13.0 Å². The minimum atomic E-state index is -0.347. The van der Waals surface area contributed by atoms with Gasteiger partial charge in [0.2, 0.25) is 0 Å². The van der Waals surface area contributed by atoms with Crippen molar-refractivity contribution in [1.29, 1.82) is 0 Å². The van der Waals surface area contributed by atoms with Crippen molar-refractivity contribution in [2.75, 3.05) is 0 Å². The number of aromatic amines is 1. The standard InChI is InChI=1S/C15H11BrF2N2S/c1-8(9-2-4-10(17)5-3-9)20-14-6-11(16)12(18)7-13(14)19-15(20)21/h2-8H,1H3,(H,19,21). The zero-order valence-electron chi connectivity index (χ0n) is 11.0. The summed E-state index contributed by atoms with van der Waals surface area (Å²) in [5.41, 5.74) is 2.36. The smallest absolute Gasteiger partial charge is 0.178 e. The van der Waals surface area contributed by atoms with Gasteiger partial charge in [0.25, 0.3) is 0 Å². The summed E-state index contributed by atoms with van der Waals surface area (Å²) in [5, 5.41) is 0. The molecule has 108 valence electrons. The van der Waals surface area contributed by atoms with E-state index in [1.807, 2.05) is 11.5 Å². The summed E-state index contributed by atoms with van der Waals surface area (Å²) < 4.78 is 29.4. The maximum Gasteiger partial charge on any atom is 0.178 e. The molecule has 0 radical (unpaired) electrons. The van der Waals surface area contributed by atoms with E-state index in [1.54, 1.807) is 18.2 Å². The van der Waals surface area contributed by atoms with E-state index >= 15 is 0 Å². The van der Waals surface area contributed by atoms with Gasteiger partial charge in [-0.05, 0) is 58.8 Å². The molecule has 0 spiro atoms. The Bertz CT molecular complexity index is 868. The first-order chi connectivity index (χ1) is 9.97. The van der Waals surface area contributed by atoms with Crippen LogP contribution in [0.2, 0.25) is 0 Å². The van der Waals surface area contributed by atoms with Gasteiger partial charge in [-0.3, -0.25) is 0 Å². The molecule has 1 N–H and O–H groups in total. The molecule has 0 saturated carbocycles. The van der Waals surface area contributed by atoms with E-state index in [4.69, 9.17) is 12.2 Å². The van der Waals surface area contributed by atoms with Crippen LogP contribution in [0.15, 0.2) is 40.9 Å². The van der Waals surface area contributed by atoms with Crippen molar-refractivity contribution < 1.29 is 8.78 Å². The van der Waals surface area contributed by atoms with Crippen LogP contribution in [0.4, 0.5) is 8.78 Å². The van der Waals surface area contributed by atoms with Crippen LogP contribution in [0.25, 0.3) is 11.0 Å². The Kier molecular flexibility index (Phi) is 3.67. The highest BCUT2D eigenvalue weighted by Gasteiger charge is 2.15. The van der Waals surface area contributed by atoms with Gasteiger partial charge in [-0.15, -0.1) is 0 Å². The Balaban J connectivity index is 2.19. The van der Waals surface area contributed by atoms with E-state index in [0.717, 1.165) is 11.1 Å². The summed E-state index contributed by atoms with van der Waals surface area (Å²) in [4.78, 5) is 3.00. The predicted octanol–water partition coefficient (Wildman–Crippen LogP) is 5.35. The van der Waals surface area contributed by atoms with Crippen molar-refractivity contribution in [3.8, 4) is 0 Å². The number of fused-ring (bicyclic) bond motifs is 1. The first-order valence-electron chi connectivity index (χ1n) is 6.32. The van der Waals surface area contributed by atoms with Gasteiger partial charge in [-0.1, -0.05) is 12.1 Å². The molecule has 3 rings (SSSR count). The van der Waals surface area contributed by atoms with Crippen molar-refractivity contribution in [3.05, 3.63) is 62.8 Å². The molecule has 0 fully saturated rings. The van der Waals surface area contributed by atoms with Crippen LogP contribution in [-0.2, 0) is 0 Å². The maximum atomic E-state index is 13.6. The topological polar surface area (TPSA) is 20.7 Å². The summed E-state index contributed by atoms with van der Waals surface area (Å²) in [7, 11) is 0. The third kappa shape index (κ3) is 2.53. The lowest BCUT2D eigenvalue weighted by molar-refractivity contribution is 0.616. The lowest BCUT2D eigenvalue weighted by atomic mass is 10.1. The first-order valence-corrected chi connectivity index (χ1v) is 7.52. The number of rotatable bonds is 2. The minimum absolute atomic E-state index is 0.0933. The highest BCUT2D eigenvalue weighted by atomic mass is 79.9. The monoisotopic (exact) mass is 368 g/mol. The lowest BCUT2D eigenvalue weighted by Crippen LogP contribution is -2.06. The highest BCUT2D eigenvalue weighted by Crippen LogP contribution is 2.28. The Morgan fingerprint density at radius 3 is 2.52 bits per heavy atom. The number of nitrogens with one attached hydrogen (secondary N) is 1. The largest absolute Gasteiger partial charge is 0.330 e. The Labute approximate surface area is 133 Å². The van der Waals surface area contributed by atoms with Gasteiger partial charge in [0.1, 0.15) is 11.6 Å². The molecule has 0 amide bonds. The third-order valence-corrected chi connectivity index (χ3v) is 4.40. The lowest BCUT2D eigenvalue weighted by Gasteiger charge is -2.15. The fraction of sp³-hybridized carbons (Fsp3) is 0.133. The number of nitrogens with zero attached hydrogens (tertiary/aromatic N) is 1. The number of H-pyrrole nitrogens is 1. The number of aromatic nitrogens is 2. The van der Waals surface area contributed by atoms with Crippen molar-refractivity contribution in [2.24, 2.45) is 0 Å². The number of hydrogen-bond acceptors (Lipinski definition) is 1. The summed E-state index contributed by atoms with van der Waals surface area (Å²) >= 11 is 8.53. The molecule has 1 aromatic heterocycles. The molecule has 2 nitrogen and oxygen atoms in total. The summed E-state index contributed by atoms with van der Waals surface area (Å²) in [6.07, 6.45) is 0. The van der Waals surface area contributed by atoms with Crippen LogP contribution in [-0.4, -0.2) is 9.55 Å². The molecule has 0 saturated heterocycles. The second-order valence-corrected chi connectivity index (χ2v) is 6.05. The molecular weight excluding hydrogens is 358 g/mol. The van der Waals surface area contributed by atoms with E-state index in [-0.39, 0.29) is 17.7 Å². The fourth-order valence-corrected chi connectivity index (χ4v) is 3.09. The summed E-state index contributed by atoms with van der Waals surface area (Å²) in [6, 6.07) is 9.28. The number of benzene rings is 2. The molecule has 0 aliphatic heterocycles. The normalized spacial score (nSPS) is 12.8. The van der Waals surface area contributed by atoms with Crippen LogP contribution >= 0.6 is 28.1 Å². The summed E-state index contributed by atoms with van der Waals surface area (Å²) in [6.45, 7) is 1.97. The molecule has 2 aromatic carbocycles. The third-order valence-electron chi connectivity index (χ3n) is 3.50. The molecule has 1 unspecified atom stereocenters. The van der Waals surface area contributed by atoms with Gasteiger partial charge in [0.15, 0.2) is 4.77 Å². The average molecular weight is 369 g/mol. The molecule has 1 heterocycles. The van der Waals surface area contributed by atoms with E-state index in [0.29, 0.717) is 14.8 Å². The molecule has 1 atom stereocenters. The zero-order chi connectivity index (χ0) is 15.1. The van der Waals surface area contributed by atoms with Gasteiger partial charge in [-0.25, -0.2) is 8.78 Å². The van der Waals surface area contributed by atoms with Crippen molar-refractivity contribution >= 4 is 39.2 Å². The van der Waals surface area contributed by atoms with Crippen LogP contribution in [0.3, 0.4) is 0 Å². The van der Waals surface area contributed by atoms with E-state index < -0.39 is 0 Å². The van der Waals surface area contributed by atoms with Crippen LogP contribution in [0.5, 0.6) is 0 Å². The van der Waals surface area contributed by atoms with Crippen LogP contribution < -0.4 is 0 Å². The van der Waals surface area contributed by atoms with Gasteiger partial charge in [-0.2, -0.15) is 0 Å². The SMILES string of the molecule is CC(c1ccc(F)cc1)n1c(=S)[nH]c2cc(F)c(Br)cc21. The predicted molar refractivity (Wildman–Crippen MR) is 85.0 cm³/mol. The second kappa shape index (κ2) is 5.35. The molecule has 0 bridgehead atoms. The number of imidazole rings is 1. The Morgan fingerprint density at radius 2 is 1.86 bits per heavy atom. The average Bonchev–Trinajstić information content (AvgIpc) is 2.75. The molecule has 21 heavy (non-hydrogen) atoms. The number of hydrogen-bond donors (Lipinski definition) is 1. The summed E-state index contributed by atoms with van der Waals surface area (Å²) in [5.74, 6) is -0.626. The Hall–Kier alpha value is -1.53.